The van der Waals surface area contributed by atoms with Crippen LogP contribution in [0.2, 0.25) is 0 Å². The summed E-state index contributed by atoms with van der Waals surface area (Å²) in [6.45, 7) is 4.14. The SMILES string of the molecule is Nc1nc(-c2ccc(N3CCNCC3)cc2)cc2nccnc12. The Morgan fingerprint density at radius 3 is 2.52 bits per heavy atom. The van der Waals surface area contributed by atoms with Gasteiger partial charge in [-0.1, -0.05) is 12.1 Å². The van der Waals surface area contributed by atoms with E-state index in [0.717, 1.165) is 43.0 Å². The molecule has 6 heteroatoms. The smallest absolute Gasteiger partial charge is 0.152 e. The molecule has 1 fully saturated rings. The molecule has 1 saturated heterocycles. The van der Waals surface area contributed by atoms with Gasteiger partial charge in [0.2, 0.25) is 0 Å². The first-order chi connectivity index (χ1) is 11.3. The number of nitrogens with one attached hydrogen (secondary N) is 1. The highest BCUT2D eigenvalue weighted by molar-refractivity contribution is 5.87. The predicted molar refractivity (Wildman–Crippen MR) is 92.3 cm³/mol. The Morgan fingerprint density at radius 1 is 1.00 bits per heavy atom. The lowest BCUT2D eigenvalue weighted by atomic mass is 10.1. The number of piperazine rings is 1. The predicted octanol–water partition coefficient (Wildman–Crippen LogP) is 1.68. The van der Waals surface area contributed by atoms with E-state index in [1.54, 1.807) is 12.4 Å². The molecule has 3 heterocycles. The molecule has 0 radical (unpaired) electrons. The third-order valence-corrected chi connectivity index (χ3v) is 4.13. The van der Waals surface area contributed by atoms with Crippen molar-refractivity contribution in [2.24, 2.45) is 0 Å². The van der Waals surface area contributed by atoms with Crippen molar-refractivity contribution in [2.75, 3.05) is 36.8 Å². The van der Waals surface area contributed by atoms with Gasteiger partial charge in [0.15, 0.2) is 5.82 Å². The van der Waals surface area contributed by atoms with E-state index >= 15 is 0 Å². The first kappa shape index (κ1) is 13.9. The van der Waals surface area contributed by atoms with Gasteiger partial charge < -0.3 is 16.0 Å². The second-order valence-electron chi connectivity index (χ2n) is 5.60. The summed E-state index contributed by atoms with van der Waals surface area (Å²) in [5.41, 5.74) is 10.5. The van der Waals surface area contributed by atoms with Gasteiger partial charge in [0.1, 0.15) is 5.52 Å². The van der Waals surface area contributed by atoms with Crippen molar-refractivity contribution >= 4 is 22.5 Å². The summed E-state index contributed by atoms with van der Waals surface area (Å²) in [7, 11) is 0. The largest absolute Gasteiger partial charge is 0.382 e. The van der Waals surface area contributed by atoms with Crippen LogP contribution in [0.1, 0.15) is 0 Å². The lowest BCUT2D eigenvalue weighted by Gasteiger charge is -2.29. The van der Waals surface area contributed by atoms with Crippen LogP contribution in [0.25, 0.3) is 22.3 Å². The van der Waals surface area contributed by atoms with Crippen molar-refractivity contribution in [2.45, 2.75) is 0 Å². The molecule has 3 aromatic rings. The Morgan fingerprint density at radius 2 is 1.74 bits per heavy atom. The van der Waals surface area contributed by atoms with E-state index in [4.69, 9.17) is 5.73 Å². The lowest BCUT2D eigenvalue weighted by Crippen LogP contribution is -2.43. The van der Waals surface area contributed by atoms with Crippen molar-refractivity contribution in [3.8, 4) is 11.3 Å². The van der Waals surface area contributed by atoms with E-state index in [2.05, 4.69) is 49.4 Å². The number of hydrogen-bond acceptors (Lipinski definition) is 6. The van der Waals surface area contributed by atoms with Gasteiger partial charge in [0.25, 0.3) is 0 Å². The Kier molecular flexibility index (Phi) is 3.51. The minimum atomic E-state index is 0.414. The summed E-state index contributed by atoms with van der Waals surface area (Å²) in [5, 5.41) is 3.37. The van der Waals surface area contributed by atoms with Gasteiger partial charge in [-0.3, -0.25) is 4.98 Å². The summed E-state index contributed by atoms with van der Waals surface area (Å²) in [6, 6.07) is 10.4. The highest BCUT2D eigenvalue weighted by Gasteiger charge is 2.11. The standard InChI is InChI=1S/C17H18N6/c18-17-16-15(20-5-6-21-16)11-14(22-17)12-1-3-13(4-2-12)23-9-7-19-8-10-23/h1-6,11,19H,7-10H2,(H2,18,22). The normalized spacial score (nSPS) is 15.0. The Bertz CT molecular complexity index is 824. The van der Waals surface area contributed by atoms with Crippen LogP contribution in [0.5, 0.6) is 0 Å². The Hall–Kier alpha value is -2.73. The summed E-state index contributed by atoms with van der Waals surface area (Å²) >= 11 is 0. The number of nitrogen functional groups attached to an aromatic ring is 1. The zero-order valence-corrected chi connectivity index (χ0v) is 12.7. The number of nitrogens with zero attached hydrogens (tertiary/aromatic N) is 4. The van der Waals surface area contributed by atoms with Crippen molar-refractivity contribution in [1.82, 2.24) is 20.3 Å². The number of aromatic nitrogens is 3. The van der Waals surface area contributed by atoms with E-state index in [1.165, 1.54) is 5.69 Å². The van der Waals surface area contributed by atoms with Crippen molar-refractivity contribution in [3.63, 3.8) is 0 Å². The van der Waals surface area contributed by atoms with Gasteiger partial charge in [-0.2, -0.15) is 0 Å². The molecule has 2 aromatic heterocycles. The third-order valence-electron chi connectivity index (χ3n) is 4.13. The maximum Gasteiger partial charge on any atom is 0.152 e. The van der Waals surface area contributed by atoms with Crippen molar-refractivity contribution < 1.29 is 0 Å². The highest BCUT2D eigenvalue weighted by atomic mass is 15.2. The molecule has 0 amide bonds. The molecule has 4 rings (SSSR count). The average Bonchev–Trinajstić information content (AvgIpc) is 2.63. The van der Waals surface area contributed by atoms with Crippen LogP contribution < -0.4 is 16.0 Å². The summed E-state index contributed by atoms with van der Waals surface area (Å²) in [4.78, 5) is 15.4. The molecule has 0 bridgehead atoms. The second kappa shape index (κ2) is 5.81. The topological polar surface area (TPSA) is 80.0 Å². The molecule has 0 atom stereocenters. The van der Waals surface area contributed by atoms with Gasteiger partial charge in [0.05, 0.1) is 11.2 Å². The van der Waals surface area contributed by atoms with Crippen LogP contribution in [-0.4, -0.2) is 41.1 Å². The molecule has 3 N–H and O–H groups in total. The summed E-state index contributed by atoms with van der Waals surface area (Å²) in [5.74, 6) is 0.414. The molecule has 0 unspecified atom stereocenters. The number of rotatable bonds is 2. The molecule has 0 aliphatic carbocycles. The molecule has 0 saturated carbocycles. The molecule has 1 aliphatic heterocycles. The quantitative estimate of drug-likeness (QED) is 0.750. The molecular weight excluding hydrogens is 288 g/mol. The van der Waals surface area contributed by atoms with E-state index in [1.807, 2.05) is 6.07 Å². The fraction of sp³-hybridized carbons (Fsp3) is 0.235. The fourth-order valence-electron chi connectivity index (χ4n) is 2.91. The fourth-order valence-corrected chi connectivity index (χ4v) is 2.91. The first-order valence-corrected chi connectivity index (χ1v) is 7.74. The maximum atomic E-state index is 6.01. The van der Waals surface area contributed by atoms with Crippen molar-refractivity contribution in [3.05, 3.63) is 42.7 Å². The first-order valence-electron chi connectivity index (χ1n) is 7.74. The summed E-state index contributed by atoms with van der Waals surface area (Å²) in [6.07, 6.45) is 3.29. The zero-order chi connectivity index (χ0) is 15.6. The minimum Gasteiger partial charge on any atom is -0.382 e. The Labute approximate surface area is 134 Å². The number of fused-ring (bicyclic) bond motifs is 1. The van der Waals surface area contributed by atoms with E-state index in [9.17, 15) is 0 Å². The third kappa shape index (κ3) is 2.68. The maximum absolute atomic E-state index is 6.01. The number of pyridine rings is 1. The molecule has 1 aliphatic rings. The lowest BCUT2D eigenvalue weighted by molar-refractivity contribution is 0.589. The monoisotopic (exact) mass is 306 g/mol. The average molecular weight is 306 g/mol. The van der Waals surface area contributed by atoms with E-state index in [-0.39, 0.29) is 0 Å². The van der Waals surface area contributed by atoms with Crippen LogP contribution in [0.3, 0.4) is 0 Å². The van der Waals surface area contributed by atoms with Gasteiger partial charge in [-0.15, -0.1) is 0 Å². The summed E-state index contributed by atoms with van der Waals surface area (Å²) < 4.78 is 0. The van der Waals surface area contributed by atoms with E-state index < -0.39 is 0 Å². The van der Waals surface area contributed by atoms with Gasteiger partial charge in [0, 0.05) is 49.8 Å². The number of benzene rings is 1. The van der Waals surface area contributed by atoms with Crippen LogP contribution in [-0.2, 0) is 0 Å². The molecular formula is C17H18N6. The molecule has 1 aromatic carbocycles. The van der Waals surface area contributed by atoms with E-state index in [0.29, 0.717) is 11.3 Å². The van der Waals surface area contributed by atoms with Gasteiger partial charge in [-0.05, 0) is 18.2 Å². The molecule has 0 spiro atoms. The number of anilines is 2. The van der Waals surface area contributed by atoms with Gasteiger partial charge in [-0.25, -0.2) is 9.97 Å². The molecule has 6 nitrogen and oxygen atoms in total. The number of hydrogen-bond donors (Lipinski definition) is 2. The second-order valence-corrected chi connectivity index (χ2v) is 5.60. The minimum absolute atomic E-state index is 0.414. The molecule has 23 heavy (non-hydrogen) atoms. The highest BCUT2D eigenvalue weighted by Crippen LogP contribution is 2.26. The zero-order valence-electron chi connectivity index (χ0n) is 12.7. The van der Waals surface area contributed by atoms with Crippen LogP contribution in [0.15, 0.2) is 42.7 Å². The van der Waals surface area contributed by atoms with Crippen LogP contribution in [0, 0.1) is 0 Å². The number of nitrogens with two attached hydrogens (primary N) is 1. The van der Waals surface area contributed by atoms with Crippen LogP contribution in [0.4, 0.5) is 11.5 Å². The van der Waals surface area contributed by atoms with Crippen molar-refractivity contribution in [1.29, 1.82) is 0 Å². The Balaban J connectivity index is 1.67. The molecule has 116 valence electrons. The van der Waals surface area contributed by atoms with Gasteiger partial charge >= 0.3 is 0 Å². The van der Waals surface area contributed by atoms with Crippen LogP contribution >= 0.6 is 0 Å².